The Bertz CT molecular complexity index is 341. The van der Waals surface area contributed by atoms with Crippen molar-refractivity contribution in [2.75, 3.05) is 24.9 Å². The molecule has 86 valence electrons. The highest BCUT2D eigenvalue weighted by molar-refractivity contribution is 8.87. The van der Waals surface area contributed by atoms with Gasteiger partial charge in [0.1, 0.15) is 11.6 Å². The van der Waals surface area contributed by atoms with Gasteiger partial charge in [0, 0.05) is 4.90 Å². The van der Waals surface area contributed by atoms with Crippen LogP contribution in [0.15, 0.2) is 23.1 Å². The molecule has 0 saturated heterocycles. The third-order valence-corrected chi connectivity index (χ3v) is 6.02. The molecule has 5 heteroatoms. The normalized spacial score (nSPS) is 16.9. The van der Waals surface area contributed by atoms with E-state index < -0.39 is 9.06 Å². The molecule has 0 amide bonds. The van der Waals surface area contributed by atoms with E-state index >= 15 is 0 Å². The molecule has 1 atom stereocenters. The van der Waals surface area contributed by atoms with Gasteiger partial charge in [-0.05, 0) is 36.0 Å². The highest BCUT2D eigenvalue weighted by Gasteiger charge is 2.20. The summed E-state index contributed by atoms with van der Waals surface area (Å²) < 4.78 is 18.7. The standard InChI is InChI=1S/C10H15FOS3/c1-12-8-3-4-9(11)10(7-8)15(2,14)6-5-13/h3-4,7,13-14H,5-6H2,1-2H3. The van der Waals surface area contributed by atoms with E-state index in [1.807, 2.05) is 6.26 Å². The minimum atomic E-state index is -1.41. The molecule has 0 fully saturated rings. The van der Waals surface area contributed by atoms with E-state index in [2.05, 4.69) is 24.3 Å². The molecule has 1 nitrogen and oxygen atoms in total. The first-order valence-corrected chi connectivity index (χ1v) is 8.33. The molecule has 1 aromatic carbocycles. The number of hydrogen-bond acceptors (Lipinski definition) is 3. The summed E-state index contributed by atoms with van der Waals surface area (Å²) in [6, 6.07) is 4.76. The van der Waals surface area contributed by atoms with Crippen molar-refractivity contribution in [1.29, 1.82) is 0 Å². The number of thiol groups is 2. The van der Waals surface area contributed by atoms with Gasteiger partial charge in [-0.25, -0.2) is 4.39 Å². The molecule has 0 bridgehead atoms. The number of halogens is 1. The zero-order valence-corrected chi connectivity index (χ0v) is 11.3. The molecular formula is C10H15FOS3. The second kappa shape index (κ2) is 5.37. The van der Waals surface area contributed by atoms with E-state index in [1.54, 1.807) is 19.2 Å². The van der Waals surface area contributed by atoms with Crippen LogP contribution in [0, 0.1) is 5.82 Å². The fourth-order valence-electron chi connectivity index (χ4n) is 1.24. The Morgan fingerprint density at radius 2 is 2.13 bits per heavy atom. The van der Waals surface area contributed by atoms with Crippen molar-refractivity contribution in [3.8, 4) is 5.75 Å². The van der Waals surface area contributed by atoms with Crippen LogP contribution in [-0.4, -0.2) is 24.9 Å². The molecule has 0 aliphatic carbocycles. The van der Waals surface area contributed by atoms with Crippen LogP contribution < -0.4 is 4.74 Å². The van der Waals surface area contributed by atoms with Gasteiger partial charge in [0.2, 0.25) is 0 Å². The average molecular weight is 266 g/mol. The molecule has 1 aromatic rings. The molecule has 0 aliphatic rings. The van der Waals surface area contributed by atoms with Crippen LogP contribution in [0.1, 0.15) is 0 Å². The third kappa shape index (κ3) is 3.23. The molecular weight excluding hydrogens is 251 g/mol. The minimum absolute atomic E-state index is 0.218. The van der Waals surface area contributed by atoms with Gasteiger partial charge in [-0.15, -0.1) is 11.7 Å². The average Bonchev–Trinajstić information content (AvgIpc) is 2.18. The Morgan fingerprint density at radius 3 is 2.67 bits per heavy atom. The van der Waals surface area contributed by atoms with Gasteiger partial charge in [0.25, 0.3) is 0 Å². The van der Waals surface area contributed by atoms with Crippen molar-refractivity contribution in [3.63, 3.8) is 0 Å². The molecule has 0 heterocycles. The highest BCUT2D eigenvalue weighted by atomic mass is 33.1. The summed E-state index contributed by atoms with van der Waals surface area (Å²) in [5, 5.41) is 0. The lowest BCUT2D eigenvalue weighted by atomic mass is 10.3. The van der Waals surface area contributed by atoms with Crippen LogP contribution >= 0.6 is 33.3 Å². The van der Waals surface area contributed by atoms with Crippen molar-refractivity contribution in [2.45, 2.75) is 4.90 Å². The highest BCUT2D eigenvalue weighted by Crippen LogP contribution is 2.58. The predicted octanol–water partition coefficient (Wildman–Crippen LogP) is 3.40. The van der Waals surface area contributed by atoms with Crippen LogP contribution in [-0.2, 0) is 0 Å². The molecule has 0 N–H and O–H groups in total. The predicted molar refractivity (Wildman–Crippen MR) is 72.4 cm³/mol. The van der Waals surface area contributed by atoms with E-state index in [9.17, 15) is 4.39 Å². The molecule has 0 aliphatic heterocycles. The number of ether oxygens (including phenoxy) is 1. The third-order valence-electron chi connectivity index (χ3n) is 2.10. The van der Waals surface area contributed by atoms with E-state index in [-0.39, 0.29) is 5.82 Å². The first-order valence-electron chi connectivity index (χ1n) is 4.44. The first kappa shape index (κ1) is 13.1. The summed E-state index contributed by atoms with van der Waals surface area (Å²) in [4.78, 5) is 0.638. The summed E-state index contributed by atoms with van der Waals surface area (Å²) in [5.41, 5.74) is 0. The number of methoxy groups -OCH3 is 1. The van der Waals surface area contributed by atoms with Crippen molar-refractivity contribution in [1.82, 2.24) is 0 Å². The number of hydrogen-bond donors (Lipinski definition) is 2. The van der Waals surface area contributed by atoms with E-state index in [0.717, 1.165) is 5.75 Å². The van der Waals surface area contributed by atoms with Gasteiger partial charge in [-0.3, -0.25) is 0 Å². The van der Waals surface area contributed by atoms with Crippen molar-refractivity contribution in [3.05, 3.63) is 24.0 Å². The minimum Gasteiger partial charge on any atom is -0.497 e. The Hall–Kier alpha value is -0.000000000000000111. The van der Waals surface area contributed by atoms with Gasteiger partial charge in [-0.1, -0.05) is 0 Å². The van der Waals surface area contributed by atoms with Gasteiger partial charge < -0.3 is 4.74 Å². The van der Waals surface area contributed by atoms with Gasteiger partial charge >= 0.3 is 0 Å². The summed E-state index contributed by atoms with van der Waals surface area (Å²) in [7, 11) is 0.160. The zero-order chi connectivity index (χ0) is 11.5. The maximum atomic E-state index is 13.6. The van der Waals surface area contributed by atoms with Gasteiger partial charge in [-0.2, -0.15) is 21.7 Å². The molecule has 1 unspecified atom stereocenters. The lowest BCUT2D eigenvalue weighted by Crippen LogP contribution is -2.01. The second-order valence-electron chi connectivity index (χ2n) is 3.26. The smallest absolute Gasteiger partial charge is 0.136 e. The maximum absolute atomic E-state index is 13.6. The summed E-state index contributed by atoms with van der Waals surface area (Å²) in [5.74, 6) is 1.93. The maximum Gasteiger partial charge on any atom is 0.136 e. The van der Waals surface area contributed by atoms with Crippen LogP contribution in [0.4, 0.5) is 4.39 Å². The Balaban J connectivity index is 3.11. The molecule has 15 heavy (non-hydrogen) atoms. The topological polar surface area (TPSA) is 9.23 Å². The van der Waals surface area contributed by atoms with E-state index in [1.165, 1.54) is 6.07 Å². The van der Waals surface area contributed by atoms with Crippen LogP contribution in [0.5, 0.6) is 5.75 Å². The van der Waals surface area contributed by atoms with Crippen molar-refractivity contribution in [2.24, 2.45) is 0 Å². The monoisotopic (exact) mass is 266 g/mol. The zero-order valence-electron chi connectivity index (χ0n) is 8.74. The van der Waals surface area contributed by atoms with Crippen molar-refractivity contribution < 1.29 is 9.13 Å². The van der Waals surface area contributed by atoms with Crippen molar-refractivity contribution >= 4 is 33.3 Å². The SMILES string of the molecule is COc1ccc(F)c(S(C)(S)CCS)c1. The van der Waals surface area contributed by atoms with Crippen LogP contribution in [0.2, 0.25) is 0 Å². The van der Waals surface area contributed by atoms with Gasteiger partial charge in [0.15, 0.2) is 0 Å². The van der Waals surface area contributed by atoms with E-state index in [4.69, 9.17) is 4.74 Å². The second-order valence-corrected chi connectivity index (χ2v) is 9.06. The quantitative estimate of drug-likeness (QED) is 0.627. The van der Waals surface area contributed by atoms with Crippen LogP contribution in [0.3, 0.4) is 0 Å². The van der Waals surface area contributed by atoms with E-state index in [0.29, 0.717) is 16.4 Å². The molecule has 0 spiro atoms. The van der Waals surface area contributed by atoms with Gasteiger partial charge in [0.05, 0.1) is 7.11 Å². The molecule has 0 saturated carbocycles. The molecule has 1 rings (SSSR count). The molecule has 0 aromatic heterocycles. The fourth-order valence-corrected chi connectivity index (χ4v) is 4.89. The summed E-state index contributed by atoms with van der Waals surface area (Å²) in [6.45, 7) is 0. The largest absolute Gasteiger partial charge is 0.497 e. The number of rotatable bonds is 4. The fraction of sp³-hybridized carbons (Fsp3) is 0.400. The first-order chi connectivity index (χ1) is 7.01. The molecule has 0 radical (unpaired) electrons. The Kier molecular flexibility index (Phi) is 4.67. The summed E-state index contributed by atoms with van der Waals surface area (Å²) >= 11 is 8.72. The number of benzene rings is 1. The summed E-state index contributed by atoms with van der Waals surface area (Å²) in [6.07, 6.45) is 1.96. The Morgan fingerprint density at radius 1 is 1.47 bits per heavy atom. The lowest BCUT2D eigenvalue weighted by molar-refractivity contribution is 0.411. The Labute approximate surface area is 102 Å². The lowest BCUT2D eigenvalue weighted by Gasteiger charge is -2.30. The van der Waals surface area contributed by atoms with Crippen LogP contribution in [0.25, 0.3) is 0 Å².